The topological polar surface area (TPSA) is 69.3 Å². The first-order valence-corrected chi connectivity index (χ1v) is 26.0. The molecule has 0 radical (unpaired) electrons. The van der Waals surface area contributed by atoms with Gasteiger partial charge in [-0.15, -0.1) is 0 Å². The molecule has 10 nitrogen and oxygen atoms in total. The molecule has 8 aliphatic rings. The number of pyridine rings is 2. The quantitative estimate of drug-likeness (QED) is 0.173. The number of likely N-dealkylation sites (N-methyl/N-ethyl adjacent to an activating group) is 1. The van der Waals surface area contributed by atoms with Gasteiger partial charge in [0.05, 0.1) is 23.5 Å². The Morgan fingerprint density at radius 1 is 0.615 bits per heavy atom. The lowest BCUT2D eigenvalue weighted by molar-refractivity contribution is 0.187. The van der Waals surface area contributed by atoms with Gasteiger partial charge in [-0.1, -0.05) is 30.3 Å². The minimum Gasteiger partial charge on any atom is -0.368 e. The number of fused-ring (bicyclic) bond motifs is 6. The van der Waals surface area contributed by atoms with Gasteiger partial charge in [0.25, 0.3) is 0 Å². The molecular formula is C55H74N10. The van der Waals surface area contributed by atoms with Crippen LogP contribution in [0.1, 0.15) is 126 Å². The molecule has 2 aliphatic carbocycles. The molecule has 10 heteroatoms. The SMILES string of the molecule is CN(CC[C@H]1Cc2c(cc(C3CC[C@H](N(C)C[C@H]4Cc5c(cccc5N5CCN6CCC[C@H]6C5)CN4)c4ncccc43)cc2N2CCN3CCC[C@@H]3C2)CN1)[C@H]1CCCc2cccnc21. The van der Waals surface area contributed by atoms with Gasteiger partial charge in [-0.3, -0.25) is 29.6 Å². The number of nitrogens with one attached hydrogen (secondary N) is 2. The van der Waals surface area contributed by atoms with E-state index in [9.17, 15) is 0 Å². The number of nitrogens with zero attached hydrogens (tertiary/aromatic N) is 8. The van der Waals surface area contributed by atoms with E-state index in [2.05, 4.69) is 115 Å². The monoisotopic (exact) mass is 875 g/mol. The molecule has 344 valence electrons. The number of hydrogen-bond donors (Lipinski definition) is 2. The lowest BCUT2D eigenvalue weighted by atomic mass is 9.77. The van der Waals surface area contributed by atoms with Crippen molar-refractivity contribution in [2.75, 3.05) is 89.3 Å². The van der Waals surface area contributed by atoms with Crippen LogP contribution >= 0.6 is 0 Å². The Hall–Kier alpha value is -3.90. The normalized spacial score (nSPS) is 29.0. The maximum atomic E-state index is 5.25. The number of aryl methyl sites for hydroxylation is 1. The van der Waals surface area contributed by atoms with Crippen LogP contribution in [0.5, 0.6) is 0 Å². The zero-order chi connectivity index (χ0) is 43.4. The highest BCUT2D eigenvalue weighted by Crippen LogP contribution is 2.45. The Balaban J connectivity index is 0.768. The van der Waals surface area contributed by atoms with E-state index in [1.807, 2.05) is 6.20 Å². The maximum Gasteiger partial charge on any atom is 0.0613 e. The summed E-state index contributed by atoms with van der Waals surface area (Å²) < 4.78 is 0. The van der Waals surface area contributed by atoms with Gasteiger partial charge in [-0.05, 0) is 174 Å². The van der Waals surface area contributed by atoms with E-state index in [1.54, 1.807) is 11.1 Å². The van der Waals surface area contributed by atoms with Crippen molar-refractivity contribution in [1.82, 2.24) is 40.2 Å². The molecule has 8 heterocycles. The van der Waals surface area contributed by atoms with Crippen molar-refractivity contribution in [3.05, 3.63) is 117 Å². The van der Waals surface area contributed by atoms with Gasteiger partial charge in [0.2, 0.25) is 0 Å². The summed E-state index contributed by atoms with van der Waals surface area (Å²) in [5, 5.41) is 8.05. The molecular weight excluding hydrogens is 801 g/mol. The predicted molar refractivity (Wildman–Crippen MR) is 263 cm³/mol. The number of aromatic nitrogens is 2. The molecule has 65 heavy (non-hydrogen) atoms. The zero-order valence-electron chi connectivity index (χ0n) is 39.4. The van der Waals surface area contributed by atoms with E-state index in [4.69, 9.17) is 9.97 Å². The van der Waals surface area contributed by atoms with E-state index in [-0.39, 0.29) is 0 Å². The van der Waals surface area contributed by atoms with Crippen molar-refractivity contribution < 1.29 is 0 Å². The van der Waals surface area contributed by atoms with Crippen molar-refractivity contribution in [2.45, 2.75) is 132 Å². The number of benzene rings is 2. The van der Waals surface area contributed by atoms with Gasteiger partial charge >= 0.3 is 0 Å². The predicted octanol–water partition coefficient (Wildman–Crippen LogP) is 7.07. The fourth-order valence-corrected chi connectivity index (χ4v) is 14.2. The Morgan fingerprint density at radius 2 is 1.31 bits per heavy atom. The van der Waals surface area contributed by atoms with Gasteiger partial charge in [0, 0.05) is 113 Å². The molecule has 4 aromatic rings. The van der Waals surface area contributed by atoms with Crippen LogP contribution in [-0.4, -0.2) is 133 Å². The fraction of sp³-hybridized carbons (Fsp3) is 0.600. The van der Waals surface area contributed by atoms with Crippen LogP contribution < -0.4 is 20.4 Å². The number of hydrogen-bond acceptors (Lipinski definition) is 10. The summed E-state index contributed by atoms with van der Waals surface area (Å²) in [6, 6.07) is 24.5. The second-order valence-electron chi connectivity index (χ2n) is 21.5. The molecule has 4 fully saturated rings. The smallest absolute Gasteiger partial charge is 0.0613 e. The maximum absolute atomic E-state index is 5.25. The van der Waals surface area contributed by atoms with Gasteiger partial charge in [-0.2, -0.15) is 0 Å². The third kappa shape index (κ3) is 8.33. The summed E-state index contributed by atoms with van der Waals surface area (Å²) in [5.41, 5.74) is 16.3. The van der Waals surface area contributed by atoms with E-state index < -0.39 is 0 Å². The highest BCUT2D eigenvalue weighted by atomic mass is 15.3. The standard InChI is InChI=1S/C55H74N10/c1-60(51-16-3-9-38-11-5-20-56-54(38)51)24-19-42-31-49-41(34-58-42)29-40(30-53(49)65-28-26-63-23-8-13-45(63)37-65)46-17-18-52(55-47(46)14-6-21-57-55)61(2)35-43-32-48-39(33-59-43)10-4-15-50(48)64-27-25-62-22-7-12-44(62)36-64/h4-6,10-11,14-15,20-21,29-30,42-46,51-52,58-59H,3,7-9,12-13,16-19,22-28,31-37H2,1-2H3/t42-,43+,44-,45+,46?,51-,52-/m0/s1. The molecule has 6 aliphatic heterocycles. The van der Waals surface area contributed by atoms with Crippen molar-refractivity contribution in [1.29, 1.82) is 0 Å². The molecule has 7 atom stereocenters. The van der Waals surface area contributed by atoms with E-state index in [0.29, 0.717) is 36.1 Å². The minimum atomic E-state index is 0.322. The molecule has 2 aromatic heterocycles. The molecule has 0 saturated carbocycles. The summed E-state index contributed by atoms with van der Waals surface area (Å²) in [4.78, 5) is 26.4. The van der Waals surface area contributed by atoms with E-state index >= 15 is 0 Å². The first-order chi connectivity index (χ1) is 32.0. The summed E-state index contributed by atoms with van der Waals surface area (Å²) in [5.74, 6) is 0.362. The van der Waals surface area contributed by atoms with Crippen molar-refractivity contribution in [3.8, 4) is 0 Å². The molecule has 4 saturated heterocycles. The Bertz CT molecular complexity index is 2330. The van der Waals surface area contributed by atoms with Gasteiger partial charge in [0.1, 0.15) is 0 Å². The highest BCUT2D eigenvalue weighted by Gasteiger charge is 2.38. The average molecular weight is 875 g/mol. The highest BCUT2D eigenvalue weighted by molar-refractivity contribution is 5.62. The Kier molecular flexibility index (Phi) is 12.0. The van der Waals surface area contributed by atoms with Crippen molar-refractivity contribution >= 4 is 11.4 Å². The Morgan fingerprint density at radius 3 is 2.14 bits per heavy atom. The summed E-state index contributed by atoms with van der Waals surface area (Å²) in [6.45, 7) is 13.7. The molecule has 2 aromatic carbocycles. The van der Waals surface area contributed by atoms with E-state index in [1.165, 1.54) is 135 Å². The summed E-state index contributed by atoms with van der Waals surface area (Å²) in [7, 11) is 4.71. The second-order valence-corrected chi connectivity index (χ2v) is 21.5. The first kappa shape index (κ1) is 42.5. The van der Waals surface area contributed by atoms with Crippen LogP contribution in [0.15, 0.2) is 67.0 Å². The third-order valence-electron chi connectivity index (χ3n) is 17.8. The van der Waals surface area contributed by atoms with Crippen LogP contribution in [0.25, 0.3) is 0 Å². The van der Waals surface area contributed by atoms with Crippen LogP contribution in [0.4, 0.5) is 11.4 Å². The number of piperazine rings is 2. The van der Waals surface area contributed by atoms with Crippen LogP contribution in [0.2, 0.25) is 0 Å². The van der Waals surface area contributed by atoms with E-state index in [0.717, 1.165) is 77.4 Å². The number of rotatable bonds is 10. The van der Waals surface area contributed by atoms with Crippen molar-refractivity contribution in [2.24, 2.45) is 0 Å². The van der Waals surface area contributed by atoms with Crippen molar-refractivity contribution in [3.63, 3.8) is 0 Å². The van der Waals surface area contributed by atoms with Gasteiger partial charge in [0.15, 0.2) is 0 Å². The molecule has 0 bridgehead atoms. The fourth-order valence-electron chi connectivity index (χ4n) is 14.2. The van der Waals surface area contributed by atoms with Crippen LogP contribution in [-0.2, 0) is 32.4 Å². The first-order valence-electron chi connectivity index (χ1n) is 26.0. The summed E-state index contributed by atoms with van der Waals surface area (Å²) >= 11 is 0. The lowest BCUT2D eigenvalue weighted by Gasteiger charge is -2.42. The molecule has 12 rings (SSSR count). The summed E-state index contributed by atoms with van der Waals surface area (Å²) in [6.07, 6.45) is 18.7. The average Bonchev–Trinajstić information content (AvgIpc) is 4.04. The van der Waals surface area contributed by atoms with Crippen LogP contribution in [0.3, 0.4) is 0 Å². The zero-order valence-corrected chi connectivity index (χ0v) is 39.4. The van der Waals surface area contributed by atoms with Crippen LogP contribution in [0, 0.1) is 0 Å². The molecule has 2 N–H and O–H groups in total. The third-order valence-corrected chi connectivity index (χ3v) is 17.8. The Labute approximate surface area is 389 Å². The largest absolute Gasteiger partial charge is 0.368 e. The second kappa shape index (κ2) is 18.3. The molecule has 0 amide bonds. The molecule has 1 unspecified atom stereocenters. The minimum absolute atomic E-state index is 0.322. The molecule has 0 spiro atoms. The lowest BCUT2D eigenvalue weighted by Crippen LogP contribution is -2.51. The van der Waals surface area contributed by atoms with Gasteiger partial charge in [-0.25, -0.2) is 0 Å². The van der Waals surface area contributed by atoms with Gasteiger partial charge < -0.3 is 20.4 Å². The number of anilines is 2.